The zero-order valence-corrected chi connectivity index (χ0v) is 9.75. The minimum absolute atomic E-state index is 0.136. The van der Waals surface area contributed by atoms with Gasteiger partial charge in [-0.1, -0.05) is 38.3 Å². The van der Waals surface area contributed by atoms with Gasteiger partial charge in [0.05, 0.1) is 0 Å². The van der Waals surface area contributed by atoms with Gasteiger partial charge in [-0.25, -0.2) is 4.79 Å². The number of unbranched alkanes of at least 4 members (excludes halogenated alkanes) is 3. The first-order chi connectivity index (χ1) is 7.83. The molecule has 3 nitrogen and oxygen atoms in total. The van der Waals surface area contributed by atoms with E-state index in [1.54, 1.807) is 12.1 Å². The number of nitrogens with one attached hydrogen (secondary N) is 2. The zero-order chi connectivity index (χ0) is 11.6. The van der Waals surface area contributed by atoms with Gasteiger partial charge in [0.1, 0.15) is 0 Å². The largest absolute Gasteiger partial charge is 0.338 e. The third-order valence-electron chi connectivity index (χ3n) is 2.29. The van der Waals surface area contributed by atoms with E-state index < -0.39 is 0 Å². The van der Waals surface area contributed by atoms with E-state index in [2.05, 4.69) is 23.6 Å². The third-order valence-corrected chi connectivity index (χ3v) is 2.29. The van der Waals surface area contributed by atoms with E-state index in [1.165, 1.54) is 19.3 Å². The Kier molecular flexibility index (Phi) is 6.07. The van der Waals surface area contributed by atoms with Crippen LogP contribution in [0.25, 0.3) is 0 Å². The standard InChI is InChI=1S/C13H19N2O/c1-2-3-4-8-11-14-13(16)15-12-9-6-5-7-10-12/h6-7,9-10H,2-4,8,11H2,1H3,(H2,14,15,16). The van der Waals surface area contributed by atoms with Gasteiger partial charge in [0, 0.05) is 12.2 Å². The zero-order valence-electron chi connectivity index (χ0n) is 9.75. The fourth-order valence-corrected chi connectivity index (χ4v) is 1.40. The van der Waals surface area contributed by atoms with Crippen molar-refractivity contribution in [2.45, 2.75) is 32.6 Å². The van der Waals surface area contributed by atoms with Crippen molar-refractivity contribution in [3.63, 3.8) is 0 Å². The minimum Gasteiger partial charge on any atom is -0.338 e. The molecule has 1 aromatic carbocycles. The molecular formula is C13H19N2O. The summed E-state index contributed by atoms with van der Waals surface area (Å²) in [5.41, 5.74) is 0.796. The molecule has 1 aromatic rings. The molecule has 0 fully saturated rings. The molecule has 0 aliphatic rings. The van der Waals surface area contributed by atoms with Crippen LogP contribution in [0.2, 0.25) is 0 Å². The normalized spacial score (nSPS) is 9.81. The second-order valence-electron chi connectivity index (χ2n) is 3.73. The van der Waals surface area contributed by atoms with E-state index in [9.17, 15) is 4.79 Å². The molecule has 1 rings (SSSR count). The van der Waals surface area contributed by atoms with Crippen LogP contribution in [0.4, 0.5) is 10.5 Å². The van der Waals surface area contributed by atoms with Crippen molar-refractivity contribution in [3.8, 4) is 0 Å². The molecule has 0 heterocycles. The van der Waals surface area contributed by atoms with Crippen LogP contribution in [0.5, 0.6) is 0 Å². The van der Waals surface area contributed by atoms with Crippen LogP contribution in [-0.4, -0.2) is 12.6 Å². The molecule has 0 saturated heterocycles. The van der Waals surface area contributed by atoms with Crippen molar-refractivity contribution in [3.05, 3.63) is 30.3 Å². The fourth-order valence-electron chi connectivity index (χ4n) is 1.40. The molecule has 1 radical (unpaired) electrons. The Bertz CT molecular complexity index is 298. The summed E-state index contributed by atoms with van der Waals surface area (Å²) < 4.78 is 0. The number of hydrogen-bond acceptors (Lipinski definition) is 1. The number of hydrogen-bond donors (Lipinski definition) is 2. The molecule has 0 aliphatic carbocycles. The number of rotatable bonds is 6. The average molecular weight is 219 g/mol. The quantitative estimate of drug-likeness (QED) is 0.709. The molecule has 0 unspecified atom stereocenters. The highest BCUT2D eigenvalue weighted by Crippen LogP contribution is 2.03. The first kappa shape index (κ1) is 12.6. The molecule has 0 aliphatic heterocycles. The molecule has 3 heteroatoms. The van der Waals surface area contributed by atoms with Crippen molar-refractivity contribution in [2.75, 3.05) is 11.9 Å². The fraction of sp³-hybridized carbons (Fsp3) is 0.462. The van der Waals surface area contributed by atoms with Crippen LogP contribution in [0.15, 0.2) is 24.3 Å². The van der Waals surface area contributed by atoms with Crippen LogP contribution in [0.1, 0.15) is 32.6 Å². The summed E-state index contributed by atoms with van der Waals surface area (Å²) >= 11 is 0. The van der Waals surface area contributed by atoms with Gasteiger partial charge in [0.15, 0.2) is 0 Å². The van der Waals surface area contributed by atoms with Crippen molar-refractivity contribution >= 4 is 11.7 Å². The number of carbonyl (C=O) groups is 1. The molecule has 16 heavy (non-hydrogen) atoms. The highest BCUT2D eigenvalue weighted by Gasteiger charge is 1.99. The van der Waals surface area contributed by atoms with Crippen LogP contribution >= 0.6 is 0 Å². The maximum Gasteiger partial charge on any atom is 0.319 e. The lowest BCUT2D eigenvalue weighted by atomic mass is 10.2. The number of benzene rings is 1. The monoisotopic (exact) mass is 219 g/mol. The molecule has 0 aromatic heterocycles. The number of anilines is 1. The van der Waals surface area contributed by atoms with Gasteiger partial charge in [-0.05, 0) is 24.6 Å². The molecule has 0 bridgehead atoms. The van der Waals surface area contributed by atoms with E-state index in [0.717, 1.165) is 18.7 Å². The summed E-state index contributed by atoms with van der Waals surface area (Å²) in [6.45, 7) is 2.91. The van der Waals surface area contributed by atoms with Gasteiger partial charge in [0.25, 0.3) is 0 Å². The molecular weight excluding hydrogens is 200 g/mol. The first-order valence-corrected chi connectivity index (χ1v) is 5.84. The Hall–Kier alpha value is -1.51. The SMILES string of the molecule is CCCCCCNC(=O)Nc1cc[c]cc1. The van der Waals surface area contributed by atoms with Gasteiger partial charge in [-0.3, -0.25) is 0 Å². The Morgan fingerprint density at radius 2 is 2.00 bits per heavy atom. The Morgan fingerprint density at radius 3 is 2.69 bits per heavy atom. The van der Waals surface area contributed by atoms with E-state index in [1.807, 2.05) is 12.1 Å². The Balaban J connectivity index is 2.12. The number of carbonyl (C=O) groups excluding carboxylic acids is 1. The molecule has 87 valence electrons. The molecule has 0 atom stereocenters. The van der Waals surface area contributed by atoms with Crippen molar-refractivity contribution in [1.82, 2.24) is 5.32 Å². The maximum absolute atomic E-state index is 11.4. The van der Waals surface area contributed by atoms with E-state index >= 15 is 0 Å². The predicted molar refractivity (Wildman–Crippen MR) is 66.4 cm³/mol. The first-order valence-electron chi connectivity index (χ1n) is 5.84. The molecule has 0 saturated carbocycles. The average Bonchev–Trinajstić information content (AvgIpc) is 2.30. The summed E-state index contributed by atoms with van der Waals surface area (Å²) in [5, 5.41) is 5.59. The summed E-state index contributed by atoms with van der Waals surface area (Å²) in [7, 11) is 0. The van der Waals surface area contributed by atoms with Gasteiger partial charge >= 0.3 is 6.03 Å². The van der Waals surface area contributed by atoms with E-state index in [4.69, 9.17) is 0 Å². The lowest BCUT2D eigenvalue weighted by Gasteiger charge is -2.06. The third kappa shape index (κ3) is 5.39. The highest BCUT2D eigenvalue weighted by molar-refractivity contribution is 5.89. The molecule has 2 amide bonds. The van der Waals surface area contributed by atoms with E-state index in [0.29, 0.717) is 0 Å². The van der Waals surface area contributed by atoms with Crippen LogP contribution in [0.3, 0.4) is 0 Å². The summed E-state index contributed by atoms with van der Waals surface area (Å²) in [4.78, 5) is 11.4. The summed E-state index contributed by atoms with van der Waals surface area (Å²) in [6, 6.07) is 9.95. The predicted octanol–water partition coefficient (Wildman–Crippen LogP) is 3.19. The second kappa shape index (κ2) is 7.74. The topological polar surface area (TPSA) is 41.1 Å². The van der Waals surface area contributed by atoms with Gasteiger partial charge in [0.2, 0.25) is 0 Å². The molecule has 0 spiro atoms. The lowest BCUT2D eigenvalue weighted by molar-refractivity contribution is 0.252. The summed E-state index contributed by atoms with van der Waals surface area (Å²) in [6.07, 6.45) is 4.67. The number of urea groups is 1. The maximum atomic E-state index is 11.4. The number of amides is 2. The van der Waals surface area contributed by atoms with Crippen molar-refractivity contribution < 1.29 is 4.79 Å². The van der Waals surface area contributed by atoms with E-state index in [-0.39, 0.29) is 6.03 Å². The van der Waals surface area contributed by atoms with Crippen LogP contribution < -0.4 is 10.6 Å². The second-order valence-corrected chi connectivity index (χ2v) is 3.73. The van der Waals surface area contributed by atoms with Crippen molar-refractivity contribution in [2.24, 2.45) is 0 Å². The van der Waals surface area contributed by atoms with Crippen LogP contribution in [-0.2, 0) is 0 Å². The lowest BCUT2D eigenvalue weighted by Crippen LogP contribution is -2.29. The van der Waals surface area contributed by atoms with Gasteiger partial charge in [-0.15, -0.1) is 0 Å². The highest BCUT2D eigenvalue weighted by atomic mass is 16.2. The van der Waals surface area contributed by atoms with Gasteiger partial charge < -0.3 is 10.6 Å². The van der Waals surface area contributed by atoms with Crippen LogP contribution in [0, 0.1) is 6.07 Å². The summed E-state index contributed by atoms with van der Waals surface area (Å²) in [5.74, 6) is 0. The Morgan fingerprint density at radius 1 is 1.25 bits per heavy atom. The Labute approximate surface area is 97.2 Å². The van der Waals surface area contributed by atoms with Gasteiger partial charge in [-0.2, -0.15) is 0 Å². The van der Waals surface area contributed by atoms with Crippen molar-refractivity contribution in [1.29, 1.82) is 0 Å². The molecule has 2 N–H and O–H groups in total. The smallest absolute Gasteiger partial charge is 0.319 e. The minimum atomic E-state index is -0.136.